The molecule has 4 aromatic carbocycles. The normalized spacial score (nSPS) is 11.2. The Hall–Kier alpha value is -2.60. The third kappa shape index (κ3) is 1.48. The van der Waals surface area contributed by atoms with Gasteiger partial charge in [-0.1, -0.05) is 73.3 Å². The van der Waals surface area contributed by atoms with Crippen LogP contribution in [0, 0.1) is 0 Å². The Morgan fingerprint density at radius 2 is 1.30 bits per heavy atom. The Morgan fingerprint density at radius 3 is 2.10 bits per heavy atom. The van der Waals surface area contributed by atoms with E-state index in [2.05, 4.69) is 73.3 Å². The maximum absolute atomic E-state index is 4.04. The summed E-state index contributed by atoms with van der Waals surface area (Å²) in [7, 11) is 0. The molecule has 4 aromatic rings. The topological polar surface area (TPSA) is 0 Å². The summed E-state index contributed by atoms with van der Waals surface area (Å²) >= 11 is 0. The van der Waals surface area contributed by atoms with Crippen LogP contribution in [0.3, 0.4) is 0 Å². The van der Waals surface area contributed by atoms with Crippen LogP contribution in [-0.2, 0) is 0 Å². The molecule has 20 heavy (non-hydrogen) atoms. The largest absolute Gasteiger partial charge is 0.0984 e. The van der Waals surface area contributed by atoms with Gasteiger partial charge in [0, 0.05) is 0 Å². The number of rotatable bonds is 1. The quantitative estimate of drug-likeness (QED) is 0.298. The molecule has 0 atom stereocenters. The lowest BCUT2D eigenvalue weighted by molar-refractivity contribution is 1.75. The fraction of sp³-hybridized carbons (Fsp3) is 0. The van der Waals surface area contributed by atoms with Crippen molar-refractivity contribution in [2.75, 3.05) is 0 Å². The van der Waals surface area contributed by atoms with Crippen LogP contribution in [0.5, 0.6) is 0 Å². The molecule has 0 heteroatoms. The lowest BCUT2D eigenvalue weighted by atomic mass is 9.93. The van der Waals surface area contributed by atoms with E-state index in [1.54, 1.807) is 0 Å². The average molecular weight is 254 g/mol. The minimum atomic E-state index is 1.23. The zero-order valence-corrected chi connectivity index (χ0v) is 11.1. The van der Waals surface area contributed by atoms with Crippen molar-refractivity contribution in [3.8, 4) is 0 Å². The molecule has 0 spiro atoms. The van der Waals surface area contributed by atoms with Gasteiger partial charge in [0.05, 0.1) is 0 Å². The van der Waals surface area contributed by atoms with E-state index in [0.29, 0.717) is 0 Å². The Kier molecular flexibility index (Phi) is 2.37. The number of fused-ring (bicyclic) bond motifs is 4. The Bertz CT molecular complexity index is 961. The highest BCUT2D eigenvalue weighted by Gasteiger charge is 2.07. The molecule has 0 aliphatic heterocycles. The van der Waals surface area contributed by atoms with E-state index in [4.69, 9.17) is 0 Å². The first-order valence-electron chi connectivity index (χ1n) is 6.84. The molecule has 0 bridgehead atoms. The minimum Gasteiger partial charge on any atom is -0.0984 e. The van der Waals surface area contributed by atoms with Crippen LogP contribution in [0.2, 0.25) is 0 Å². The van der Waals surface area contributed by atoms with Gasteiger partial charge in [-0.15, -0.1) is 0 Å². The van der Waals surface area contributed by atoms with Crippen molar-refractivity contribution >= 4 is 38.4 Å². The molecule has 0 saturated heterocycles. The Morgan fingerprint density at radius 1 is 0.650 bits per heavy atom. The lowest BCUT2D eigenvalue weighted by Crippen LogP contribution is -1.85. The molecule has 0 fully saturated rings. The molecule has 0 nitrogen and oxygen atoms in total. The van der Waals surface area contributed by atoms with Crippen molar-refractivity contribution in [3.05, 3.63) is 78.9 Å². The summed E-state index contributed by atoms with van der Waals surface area (Å²) in [6, 6.07) is 23.7. The molecule has 0 amide bonds. The van der Waals surface area contributed by atoms with Gasteiger partial charge < -0.3 is 0 Å². The molecule has 0 aliphatic carbocycles. The second-order valence-corrected chi connectivity index (χ2v) is 5.10. The lowest BCUT2D eigenvalue weighted by Gasteiger charge is -2.11. The maximum Gasteiger partial charge on any atom is -0.00266 e. The summed E-state index contributed by atoms with van der Waals surface area (Å²) in [5.74, 6) is 0. The third-order valence-electron chi connectivity index (χ3n) is 4.00. The van der Waals surface area contributed by atoms with Crippen molar-refractivity contribution in [2.45, 2.75) is 0 Å². The fourth-order valence-corrected chi connectivity index (χ4v) is 3.09. The second kappa shape index (κ2) is 4.21. The molecule has 0 aliphatic rings. The smallest absolute Gasteiger partial charge is 0.00266 e. The van der Waals surface area contributed by atoms with Gasteiger partial charge in [0.1, 0.15) is 0 Å². The SMILES string of the molecule is C=Cc1c2ccccc2cc2ccc3ccccc3c12. The van der Waals surface area contributed by atoms with Gasteiger partial charge in [-0.25, -0.2) is 0 Å². The van der Waals surface area contributed by atoms with Crippen molar-refractivity contribution in [1.82, 2.24) is 0 Å². The summed E-state index contributed by atoms with van der Waals surface area (Å²) in [5, 5.41) is 7.69. The van der Waals surface area contributed by atoms with Gasteiger partial charge in [-0.3, -0.25) is 0 Å². The molecule has 0 radical (unpaired) electrons. The average Bonchev–Trinajstić information content (AvgIpc) is 2.52. The molecule has 94 valence electrons. The van der Waals surface area contributed by atoms with Crippen LogP contribution in [0.25, 0.3) is 38.4 Å². The van der Waals surface area contributed by atoms with E-state index in [1.165, 1.54) is 37.9 Å². The minimum absolute atomic E-state index is 1.23. The van der Waals surface area contributed by atoms with Crippen LogP contribution < -0.4 is 0 Å². The molecule has 0 unspecified atom stereocenters. The maximum atomic E-state index is 4.04. The zero-order valence-electron chi connectivity index (χ0n) is 11.1. The predicted molar refractivity (Wildman–Crippen MR) is 89.1 cm³/mol. The van der Waals surface area contributed by atoms with E-state index < -0.39 is 0 Å². The second-order valence-electron chi connectivity index (χ2n) is 5.10. The monoisotopic (exact) mass is 254 g/mol. The van der Waals surface area contributed by atoms with Crippen LogP contribution in [0.15, 0.2) is 73.3 Å². The standard InChI is InChI=1S/C20H14/c1-2-17-18-9-5-4-8-15(18)13-16-12-11-14-7-3-6-10-19(14)20(16)17/h2-13H,1H2. The molecular formula is C20H14. The van der Waals surface area contributed by atoms with Crippen LogP contribution in [0.1, 0.15) is 5.56 Å². The Labute approximate surface area is 118 Å². The van der Waals surface area contributed by atoms with Crippen LogP contribution >= 0.6 is 0 Å². The summed E-state index contributed by atoms with van der Waals surface area (Å²) in [6.45, 7) is 4.04. The predicted octanol–water partition coefficient (Wildman–Crippen LogP) is 5.79. The van der Waals surface area contributed by atoms with Gasteiger partial charge >= 0.3 is 0 Å². The highest BCUT2D eigenvalue weighted by atomic mass is 14.1. The first kappa shape index (κ1) is 11.2. The van der Waals surface area contributed by atoms with Crippen molar-refractivity contribution < 1.29 is 0 Å². The summed E-state index contributed by atoms with van der Waals surface area (Å²) < 4.78 is 0. The highest BCUT2D eigenvalue weighted by molar-refractivity contribution is 6.17. The molecular weight excluding hydrogens is 240 g/mol. The summed E-state index contributed by atoms with van der Waals surface area (Å²) in [6.07, 6.45) is 1.98. The Balaban J connectivity index is 2.36. The molecule has 0 heterocycles. The first-order valence-corrected chi connectivity index (χ1v) is 6.84. The van der Waals surface area contributed by atoms with Gasteiger partial charge in [-0.2, -0.15) is 0 Å². The third-order valence-corrected chi connectivity index (χ3v) is 4.00. The summed E-state index contributed by atoms with van der Waals surface area (Å²) in [4.78, 5) is 0. The van der Waals surface area contributed by atoms with E-state index in [0.717, 1.165) is 0 Å². The number of hydrogen-bond acceptors (Lipinski definition) is 0. The van der Waals surface area contributed by atoms with E-state index in [-0.39, 0.29) is 0 Å². The van der Waals surface area contributed by atoms with E-state index >= 15 is 0 Å². The van der Waals surface area contributed by atoms with Gasteiger partial charge in [0.25, 0.3) is 0 Å². The molecule has 4 rings (SSSR count). The van der Waals surface area contributed by atoms with Gasteiger partial charge in [0.15, 0.2) is 0 Å². The molecule has 0 saturated carbocycles. The zero-order chi connectivity index (χ0) is 13.5. The van der Waals surface area contributed by atoms with Crippen molar-refractivity contribution in [1.29, 1.82) is 0 Å². The van der Waals surface area contributed by atoms with E-state index in [9.17, 15) is 0 Å². The molecule has 0 aromatic heterocycles. The van der Waals surface area contributed by atoms with E-state index in [1.807, 2.05) is 6.08 Å². The van der Waals surface area contributed by atoms with Crippen molar-refractivity contribution in [2.24, 2.45) is 0 Å². The van der Waals surface area contributed by atoms with Gasteiger partial charge in [-0.05, 0) is 43.9 Å². The van der Waals surface area contributed by atoms with Crippen molar-refractivity contribution in [3.63, 3.8) is 0 Å². The number of hydrogen-bond donors (Lipinski definition) is 0. The fourth-order valence-electron chi connectivity index (χ4n) is 3.09. The number of benzene rings is 4. The molecule has 0 N–H and O–H groups in total. The summed E-state index contributed by atoms with van der Waals surface area (Å²) in [5.41, 5.74) is 1.23. The highest BCUT2D eigenvalue weighted by Crippen LogP contribution is 2.34. The van der Waals surface area contributed by atoms with Gasteiger partial charge in [0.2, 0.25) is 0 Å². The first-order chi connectivity index (χ1) is 9.88. The van der Waals surface area contributed by atoms with Crippen LogP contribution in [-0.4, -0.2) is 0 Å². The van der Waals surface area contributed by atoms with Crippen LogP contribution in [0.4, 0.5) is 0 Å².